The van der Waals surface area contributed by atoms with Gasteiger partial charge in [0.2, 0.25) is 0 Å². The lowest BCUT2D eigenvalue weighted by Gasteiger charge is -2.17. The average molecular weight is 318 g/mol. The van der Waals surface area contributed by atoms with Gasteiger partial charge in [-0.2, -0.15) is 0 Å². The molecule has 0 spiro atoms. The van der Waals surface area contributed by atoms with Crippen molar-refractivity contribution in [3.8, 4) is 0 Å². The minimum absolute atomic E-state index is 0.00370. The van der Waals surface area contributed by atoms with E-state index in [2.05, 4.69) is 16.4 Å². The van der Waals surface area contributed by atoms with Crippen LogP contribution in [0.2, 0.25) is 0 Å². The van der Waals surface area contributed by atoms with Crippen LogP contribution in [-0.2, 0) is 19.1 Å². The van der Waals surface area contributed by atoms with Crippen molar-refractivity contribution in [1.82, 2.24) is 4.90 Å². The van der Waals surface area contributed by atoms with Crippen LogP contribution in [0.5, 0.6) is 0 Å². The fraction of sp³-hybridized carbons (Fsp3) is 0.250. The van der Waals surface area contributed by atoms with Crippen molar-refractivity contribution in [3.05, 3.63) is 42.0 Å². The van der Waals surface area contributed by atoms with Crippen LogP contribution in [0.25, 0.3) is 0 Å². The zero-order chi connectivity index (χ0) is 17.2. The number of hydrogen-bond donors (Lipinski definition) is 0. The topological polar surface area (TPSA) is 85.3 Å². The highest BCUT2D eigenvalue weighted by Gasteiger charge is 2.15. The fourth-order valence-corrected chi connectivity index (χ4v) is 1.63. The van der Waals surface area contributed by atoms with Crippen LogP contribution in [0.4, 0.5) is 5.69 Å². The summed E-state index contributed by atoms with van der Waals surface area (Å²) in [4.78, 5) is 39.6. The number of benzene rings is 1. The summed E-state index contributed by atoms with van der Waals surface area (Å²) in [5, 5.41) is 0. The predicted octanol–water partition coefficient (Wildman–Crippen LogP) is 1.36. The number of methoxy groups -OCH3 is 1. The van der Waals surface area contributed by atoms with Crippen LogP contribution >= 0.6 is 0 Å². The Morgan fingerprint density at radius 2 is 1.87 bits per heavy atom. The van der Waals surface area contributed by atoms with Gasteiger partial charge in [-0.15, -0.1) is 0 Å². The predicted molar refractivity (Wildman–Crippen MR) is 84.7 cm³/mol. The van der Waals surface area contributed by atoms with E-state index in [-0.39, 0.29) is 19.1 Å². The summed E-state index contributed by atoms with van der Waals surface area (Å²) in [7, 11) is 2.79. The van der Waals surface area contributed by atoms with Crippen LogP contribution in [0.15, 0.2) is 41.4 Å². The second-order valence-electron chi connectivity index (χ2n) is 4.43. The standard InChI is InChI=1S/C16H18N2O5/c1-17-13-7-5-4-6-12(13)16(21)18(2)10-11-23-15(20)9-8-14(19)22-3/h4-9H,1,10-11H2,2-3H3/b9-8+. The molecule has 1 amide bonds. The number of carbonyl (C=O) groups excluding carboxylic acids is 3. The normalized spacial score (nSPS) is 10.2. The highest BCUT2D eigenvalue weighted by atomic mass is 16.5. The lowest BCUT2D eigenvalue weighted by Crippen LogP contribution is -2.30. The molecule has 1 aromatic carbocycles. The first-order chi connectivity index (χ1) is 11.0. The van der Waals surface area contributed by atoms with Gasteiger partial charge in [0, 0.05) is 19.2 Å². The summed E-state index contributed by atoms with van der Waals surface area (Å²) in [5.41, 5.74) is 0.907. The van der Waals surface area contributed by atoms with E-state index in [0.717, 1.165) is 12.2 Å². The molecule has 0 saturated heterocycles. The largest absolute Gasteiger partial charge is 0.466 e. The van der Waals surface area contributed by atoms with Crippen LogP contribution in [-0.4, -0.2) is 56.8 Å². The Hall–Kier alpha value is -2.96. The molecular formula is C16H18N2O5. The molecule has 122 valence electrons. The van der Waals surface area contributed by atoms with Crippen molar-refractivity contribution in [1.29, 1.82) is 0 Å². The van der Waals surface area contributed by atoms with Gasteiger partial charge in [0.15, 0.2) is 0 Å². The van der Waals surface area contributed by atoms with Crippen molar-refractivity contribution in [2.45, 2.75) is 0 Å². The maximum atomic E-state index is 12.3. The maximum absolute atomic E-state index is 12.3. The zero-order valence-electron chi connectivity index (χ0n) is 13.0. The van der Waals surface area contributed by atoms with Gasteiger partial charge in [-0.25, -0.2) is 9.59 Å². The molecule has 0 saturated carbocycles. The number of likely N-dealkylation sites (N-methyl/N-ethyl adjacent to an activating group) is 1. The van der Waals surface area contributed by atoms with Crippen LogP contribution in [0, 0.1) is 0 Å². The van der Waals surface area contributed by atoms with Gasteiger partial charge in [-0.1, -0.05) is 12.1 Å². The molecule has 0 atom stereocenters. The van der Waals surface area contributed by atoms with E-state index in [9.17, 15) is 14.4 Å². The average Bonchev–Trinajstić information content (AvgIpc) is 2.58. The summed E-state index contributed by atoms with van der Waals surface area (Å²) in [6, 6.07) is 6.82. The Kier molecular flexibility index (Phi) is 7.19. The van der Waals surface area contributed by atoms with E-state index in [1.807, 2.05) is 0 Å². The third-order valence-corrected chi connectivity index (χ3v) is 2.88. The zero-order valence-corrected chi connectivity index (χ0v) is 13.0. The molecule has 7 heteroatoms. The van der Waals surface area contributed by atoms with E-state index >= 15 is 0 Å². The Labute approximate surface area is 134 Å². The second-order valence-corrected chi connectivity index (χ2v) is 4.43. The van der Waals surface area contributed by atoms with E-state index in [1.165, 1.54) is 12.0 Å². The van der Waals surface area contributed by atoms with E-state index in [1.54, 1.807) is 31.3 Å². The Morgan fingerprint density at radius 3 is 2.52 bits per heavy atom. The number of hydrogen-bond acceptors (Lipinski definition) is 6. The summed E-state index contributed by atoms with van der Waals surface area (Å²) < 4.78 is 9.23. The van der Waals surface area contributed by atoms with Gasteiger partial charge in [-0.3, -0.25) is 9.79 Å². The molecule has 1 aromatic rings. The van der Waals surface area contributed by atoms with E-state index in [0.29, 0.717) is 11.3 Å². The Morgan fingerprint density at radius 1 is 1.22 bits per heavy atom. The van der Waals surface area contributed by atoms with Crippen LogP contribution < -0.4 is 0 Å². The minimum atomic E-state index is -0.690. The summed E-state index contributed by atoms with van der Waals surface area (Å²) in [6.07, 6.45) is 1.92. The van der Waals surface area contributed by atoms with Crippen LogP contribution in [0.1, 0.15) is 10.4 Å². The van der Waals surface area contributed by atoms with Gasteiger partial charge < -0.3 is 14.4 Å². The quantitative estimate of drug-likeness (QED) is 0.430. The van der Waals surface area contributed by atoms with Crippen molar-refractivity contribution < 1.29 is 23.9 Å². The first-order valence-electron chi connectivity index (χ1n) is 6.73. The Bertz CT molecular complexity index is 625. The SMILES string of the molecule is C=Nc1ccccc1C(=O)N(C)CCOC(=O)/C=C/C(=O)OC. The number of amides is 1. The van der Waals surface area contributed by atoms with E-state index in [4.69, 9.17) is 4.74 Å². The molecule has 0 fully saturated rings. The lowest BCUT2D eigenvalue weighted by atomic mass is 10.1. The van der Waals surface area contributed by atoms with Gasteiger partial charge in [0.05, 0.1) is 24.9 Å². The smallest absolute Gasteiger partial charge is 0.331 e. The third kappa shape index (κ3) is 5.74. The number of esters is 2. The number of para-hydroxylation sites is 1. The van der Waals surface area contributed by atoms with Crippen molar-refractivity contribution in [2.24, 2.45) is 4.99 Å². The highest BCUT2D eigenvalue weighted by Crippen LogP contribution is 2.19. The first kappa shape index (κ1) is 18.1. The molecule has 23 heavy (non-hydrogen) atoms. The van der Waals surface area contributed by atoms with Gasteiger partial charge in [0.1, 0.15) is 6.61 Å². The monoisotopic (exact) mass is 318 g/mol. The molecule has 0 N–H and O–H groups in total. The summed E-state index contributed by atoms with van der Waals surface area (Å²) in [5.74, 6) is -1.60. The number of ether oxygens (including phenoxy) is 2. The highest BCUT2D eigenvalue weighted by molar-refractivity contribution is 5.99. The molecule has 0 bridgehead atoms. The van der Waals surface area contributed by atoms with Gasteiger partial charge in [-0.05, 0) is 18.9 Å². The molecule has 0 unspecified atom stereocenters. The van der Waals surface area contributed by atoms with Crippen molar-refractivity contribution >= 4 is 30.3 Å². The molecular weight excluding hydrogens is 300 g/mol. The minimum Gasteiger partial charge on any atom is -0.466 e. The third-order valence-electron chi connectivity index (χ3n) is 2.88. The van der Waals surface area contributed by atoms with Crippen molar-refractivity contribution in [3.63, 3.8) is 0 Å². The summed E-state index contributed by atoms with van der Waals surface area (Å²) in [6.45, 7) is 3.62. The van der Waals surface area contributed by atoms with Crippen LogP contribution in [0.3, 0.4) is 0 Å². The molecule has 0 aliphatic rings. The van der Waals surface area contributed by atoms with Gasteiger partial charge in [0.25, 0.3) is 5.91 Å². The molecule has 0 radical (unpaired) electrons. The van der Waals surface area contributed by atoms with E-state index < -0.39 is 11.9 Å². The number of aliphatic imine (C=N–C) groups is 1. The fourth-order valence-electron chi connectivity index (χ4n) is 1.63. The molecule has 1 rings (SSSR count). The first-order valence-corrected chi connectivity index (χ1v) is 6.73. The maximum Gasteiger partial charge on any atom is 0.331 e. The number of nitrogens with zero attached hydrogens (tertiary/aromatic N) is 2. The summed E-state index contributed by atoms with van der Waals surface area (Å²) >= 11 is 0. The molecule has 7 nitrogen and oxygen atoms in total. The lowest BCUT2D eigenvalue weighted by molar-refractivity contribution is -0.139. The van der Waals surface area contributed by atoms with Gasteiger partial charge >= 0.3 is 11.9 Å². The van der Waals surface area contributed by atoms with Crippen molar-refractivity contribution in [2.75, 3.05) is 27.3 Å². The molecule has 0 aliphatic heterocycles. The second kappa shape index (κ2) is 9.14. The number of rotatable bonds is 7. The molecule has 0 aromatic heterocycles. The Balaban J connectivity index is 2.50. The number of carbonyl (C=O) groups is 3. The molecule has 0 heterocycles. The molecule has 0 aliphatic carbocycles.